The summed E-state index contributed by atoms with van der Waals surface area (Å²) in [6.07, 6.45) is 2.71. The van der Waals surface area contributed by atoms with Crippen LogP contribution in [0.3, 0.4) is 0 Å². The Bertz CT molecular complexity index is 626. The summed E-state index contributed by atoms with van der Waals surface area (Å²) in [5.41, 5.74) is 2.25. The van der Waals surface area contributed by atoms with E-state index >= 15 is 0 Å². The molecule has 108 valence electrons. The van der Waals surface area contributed by atoms with Crippen molar-refractivity contribution in [2.24, 2.45) is 0 Å². The van der Waals surface area contributed by atoms with Gasteiger partial charge in [-0.2, -0.15) is 0 Å². The van der Waals surface area contributed by atoms with Gasteiger partial charge < -0.3 is 5.32 Å². The van der Waals surface area contributed by atoms with E-state index < -0.39 is 0 Å². The maximum absolute atomic E-state index is 12.4. The van der Waals surface area contributed by atoms with Gasteiger partial charge in [0.1, 0.15) is 5.78 Å². The van der Waals surface area contributed by atoms with E-state index in [2.05, 4.69) is 52.2 Å². The Hall–Kier alpha value is -1.36. The number of Topliss-reactive ketones (excluding diaryl/α,β-unsaturated/α-hetero) is 1. The van der Waals surface area contributed by atoms with E-state index in [-0.39, 0.29) is 12.0 Å². The average Bonchev–Trinajstić information content (AvgIpc) is 2.51. The van der Waals surface area contributed by atoms with E-state index in [9.17, 15) is 4.79 Å². The Balaban J connectivity index is 1.88. The fourth-order valence-electron chi connectivity index (χ4n) is 3.05. The van der Waals surface area contributed by atoms with Crippen molar-refractivity contribution in [3.8, 4) is 0 Å². The molecule has 2 atom stereocenters. The first-order valence-electron chi connectivity index (χ1n) is 7.34. The molecule has 0 aliphatic heterocycles. The molecule has 3 heteroatoms. The van der Waals surface area contributed by atoms with Gasteiger partial charge in [0.15, 0.2) is 0 Å². The van der Waals surface area contributed by atoms with Gasteiger partial charge in [0.2, 0.25) is 0 Å². The maximum atomic E-state index is 12.4. The lowest BCUT2D eigenvalue weighted by molar-refractivity contribution is -0.122. The lowest BCUT2D eigenvalue weighted by atomic mass is 9.79. The fraction of sp³-hybridized carbons (Fsp3) is 0.278. The largest absolute Gasteiger partial charge is 0.380 e. The molecule has 3 rings (SSSR count). The van der Waals surface area contributed by atoms with Gasteiger partial charge in [0, 0.05) is 21.7 Å². The van der Waals surface area contributed by atoms with Crippen LogP contribution in [0, 0.1) is 3.57 Å². The molecule has 1 N–H and O–H groups in total. The number of rotatable bonds is 3. The average molecular weight is 391 g/mol. The van der Waals surface area contributed by atoms with Crippen molar-refractivity contribution in [3.63, 3.8) is 0 Å². The zero-order chi connectivity index (χ0) is 14.7. The SMILES string of the molecule is O=C1CCCC(Nc2ccccc2I)C1c1ccccc1. The highest BCUT2D eigenvalue weighted by Crippen LogP contribution is 2.33. The van der Waals surface area contributed by atoms with Gasteiger partial charge in [-0.25, -0.2) is 0 Å². The predicted molar refractivity (Wildman–Crippen MR) is 94.6 cm³/mol. The zero-order valence-electron chi connectivity index (χ0n) is 11.8. The van der Waals surface area contributed by atoms with Gasteiger partial charge >= 0.3 is 0 Å². The van der Waals surface area contributed by atoms with Crippen LogP contribution in [0.4, 0.5) is 5.69 Å². The minimum absolute atomic E-state index is 0.0315. The van der Waals surface area contributed by atoms with E-state index in [0.29, 0.717) is 12.2 Å². The van der Waals surface area contributed by atoms with Gasteiger partial charge in [0.05, 0.1) is 5.92 Å². The molecular weight excluding hydrogens is 373 g/mol. The highest BCUT2D eigenvalue weighted by atomic mass is 127. The number of benzene rings is 2. The molecule has 0 saturated heterocycles. The van der Waals surface area contributed by atoms with Crippen molar-refractivity contribution in [2.45, 2.75) is 31.2 Å². The maximum Gasteiger partial charge on any atom is 0.142 e. The summed E-state index contributed by atoms with van der Waals surface area (Å²) in [6, 6.07) is 18.6. The monoisotopic (exact) mass is 391 g/mol. The highest BCUT2D eigenvalue weighted by molar-refractivity contribution is 14.1. The smallest absolute Gasteiger partial charge is 0.142 e. The third-order valence-electron chi connectivity index (χ3n) is 4.06. The number of hydrogen-bond acceptors (Lipinski definition) is 2. The van der Waals surface area contributed by atoms with Crippen LogP contribution in [0.5, 0.6) is 0 Å². The summed E-state index contributed by atoms with van der Waals surface area (Å²) in [7, 11) is 0. The van der Waals surface area contributed by atoms with Crippen LogP contribution >= 0.6 is 22.6 Å². The van der Waals surface area contributed by atoms with Crippen molar-refractivity contribution in [2.75, 3.05) is 5.32 Å². The van der Waals surface area contributed by atoms with Crippen LogP contribution in [-0.2, 0) is 4.79 Å². The minimum atomic E-state index is -0.0315. The van der Waals surface area contributed by atoms with Crippen LogP contribution in [0.25, 0.3) is 0 Å². The molecule has 0 heterocycles. The first kappa shape index (κ1) is 14.6. The molecule has 0 aromatic heterocycles. The number of hydrogen-bond donors (Lipinski definition) is 1. The second kappa shape index (κ2) is 6.60. The molecule has 0 spiro atoms. The molecule has 2 aromatic carbocycles. The number of para-hydroxylation sites is 1. The molecule has 2 aromatic rings. The number of nitrogens with one attached hydrogen (secondary N) is 1. The van der Waals surface area contributed by atoms with Crippen molar-refractivity contribution >= 4 is 34.1 Å². The van der Waals surface area contributed by atoms with E-state index in [1.165, 1.54) is 3.57 Å². The first-order chi connectivity index (χ1) is 10.3. The standard InChI is InChI=1S/C18H18INO/c19-14-9-4-5-10-15(14)20-16-11-6-12-17(21)18(16)13-7-2-1-3-8-13/h1-5,7-10,16,18,20H,6,11-12H2. The summed E-state index contributed by atoms with van der Waals surface area (Å²) < 4.78 is 1.19. The van der Waals surface area contributed by atoms with E-state index in [1.807, 2.05) is 30.3 Å². The van der Waals surface area contributed by atoms with Crippen LogP contribution in [0.2, 0.25) is 0 Å². The van der Waals surface area contributed by atoms with E-state index in [0.717, 1.165) is 24.1 Å². The molecule has 1 aliphatic carbocycles. The molecule has 21 heavy (non-hydrogen) atoms. The molecule has 1 saturated carbocycles. The molecule has 1 fully saturated rings. The molecule has 2 nitrogen and oxygen atoms in total. The van der Waals surface area contributed by atoms with E-state index in [1.54, 1.807) is 0 Å². The predicted octanol–water partition coefficient (Wildman–Crippen LogP) is 4.61. The molecular formula is C18H18INO. The van der Waals surface area contributed by atoms with Crippen molar-refractivity contribution in [3.05, 3.63) is 63.7 Å². The van der Waals surface area contributed by atoms with Crippen LogP contribution in [0.1, 0.15) is 30.7 Å². The number of carbonyl (C=O) groups is 1. The Kier molecular flexibility index (Phi) is 4.58. The second-order valence-corrected chi connectivity index (χ2v) is 6.64. The normalized spacial score (nSPS) is 22.0. The third kappa shape index (κ3) is 3.28. The van der Waals surface area contributed by atoms with Gasteiger partial charge in [-0.3, -0.25) is 4.79 Å². The lowest BCUT2D eigenvalue weighted by Gasteiger charge is -2.32. The number of anilines is 1. The minimum Gasteiger partial charge on any atom is -0.380 e. The summed E-state index contributed by atoms with van der Waals surface area (Å²) in [4.78, 5) is 12.4. The van der Waals surface area contributed by atoms with Gasteiger partial charge in [-0.05, 0) is 53.1 Å². The molecule has 0 amide bonds. The summed E-state index contributed by atoms with van der Waals surface area (Å²) in [6.45, 7) is 0. The van der Waals surface area contributed by atoms with Crippen molar-refractivity contribution in [1.82, 2.24) is 0 Å². The first-order valence-corrected chi connectivity index (χ1v) is 8.42. The highest BCUT2D eigenvalue weighted by Gasteiger charge is 2.33. The van der Waals surface area contributed by atoms with Gasteiger partial charge in [0.25, 0.3) is 0 Å². The Morgan fingerprint density at radius 1 is 1.00 bits per heavy atom. The molecule has 0 bridgehead atoms. The molecule has 0 radical (unpaired) electrons. The van der Waals surface area contributed by atoms with Crippen LogP contribution in [0.15, 0.2) is 54.6 Å². The lowest BCUT2D eigenvalue weighted by Crippen LogP contribution is -2.36. The third-order valence-corrected chi connectivity index (χ3v) is 5.00. The van der Waals surface area contributed by atoms with Crippen LogP contribution < -0.4 is 5.32 Å². The molecule has 2 unspecified atom stereocenters. The van der Waals surface area contributed by atoms with Crippen molar-refractivity contribution in [1.29, 1.82) is 0 Å². The quantitative estimate of drug-likeness (QED) is 0.775. The van der Waals surface area contributed by atoms with Gasteiger partial charge in [-0.1, -0.05) is 42.5 Å². The fourth-order valence-corrected chi connectivity index (χ4v) is 3.60. The zero-order valence-corrected chi connectivity index (χ0v) is 13.9. The molecule has 1 aliphatic rings. The summed E-state index contributed by atoms with van der Waals surface area (Å²) in [5, 5.41) is 3.60. The second-order valence-electron chi connectivity index (χ2n) is 5.48. The topological polar surface area (TPSA) is 29.1 Å². The Labute approximate surface area is 139 Å². The number of ketones is 1. The Morgan fingerprint density at radius 2 is 1.71 bits per heavy atom. The van der Waals surface area contributed by atoms with E-state index in [4.69, 9.17) is 0 Å². The number of carbonyl (C=O) groups excluding carboxylic acids is 1. The Morgan fingerprint density at radius 3 is 2.48 bits per heavy atom. The summed E-state index contributed by atoms with van der Waals surface area (Å²) >= 11 is 2.34. The van der Waals surface area contributed by atoms with Gasteiger partial charge in [-0.15, -0.1) is 0 Å². The summed E-state index contributed by atoms with van der Waals surface area (Å²) in [5.74, 6) is 0.326. The number of halogens is 1. The van der Waals surface area contributed by atoms with Crippen LogP contribution in [-0.4, -0.2) is 11.8 Å². The van der Waals surface area contributed by atoms with Crippen molar-refractivity contribution < 1.29 is 4.79 Å².